The number of carbonyl (C=O) groups is 1. The third-order valence-corrected chi connectivity index (χ3v) is 4.12. The molecule has 1 aliphatic rings. The van der Waals surface area contributed by atoms with Gasteiger partial charge in [-0.2, -0.15) is 0 Å². The van der Waals surface area contributed by atoms with Crippen LogP contribution in [0.2, 0.25) is 0 Å². The zero-order valence-corrected chi connectivity index (χ0v) is 12.7. The van der Waals surface area contributed by atoms with Crippen LogP contribution in [0.1, 0.15) is 33.1 Å². The van der Waals surface area contributed by atoms with Crippen molar-refractivity contribution in [2.75, 3.05) is 25.0 Å². The molecule has 0 spiro atoms. The summed E-state index contributed by atoms with van der Waals surface area (Å²) in [5, 5.41) is 6.20. The predicted octanol–water partition coefficient (Wildman–Crippen LogP) is 2.94. The number of carbonyl (C=O) groups excluding carboxylic acids is 1. The predicted molar refractivity (Wildman–Crippen MR) is 81.0 cm³/mol. The molecule has 1 heterocycles. The first-order chi connectivity index (χ1) is 10.1. The smallest absolute Gasteiger partial charge is 0.231 e. The molecule has 1 amide bonds. The number of ether oxygens (including phenoxy) is 1. The quantitative estimate of drug-likeness (QED) is 0.878. The Bertz CT molecular complexity index is 499. The second kappa shape index (κ2) is 6.89. The lowest BCUT2D eigenvalue weighted by Crippen LogP contribution is -2.47. The summed E-state index contributed by atoms with van der Waals surface area (Å²) in [7, 11) is 0. The highest BCUT2D eigenvalue weighted by molar-refractivity contribution is 5.96. The molecule has 1 aromatic rings. The summed E-state index contributed by atoms with van der Waals surface area (Å²) in [6, 6.07) is 4.19. The standard InChI is InChI=1S/C16H23FN2O2/c1-3-16(8-5-9-18-11-16)15(20)19-13-7-6-12(17)10-14(13)21-4-2/h6-7,10,18H,3-5,8-9,11H2,1-2H3,(H,19,20). The molecule has 1 fully saturated rings. The fourth-order valence-electron chi connectivity index (χ4n) is 2.75. The lowest BCUT2D eigenvalue weighted by atomic mass is 9.77. The molecule has 0 aromatic heterocycles. The van der Waals surface area contributed by atoms with E-state index in [4.69, 9.17) is 4.74 Å². The third-order valence-electron chi connectivity index (χ3n) is 4.12. The lowest BCUT2D eigenvalue weighted by Gasteiger charge is -2.35. The second-order valence-electron chi connectivity index (χ2n) is 5.44. The van der Waals surface area contributed by atoms with E-state index in [-0.39, 0.29) is 11.7 Å². The molecule has 1 unspecified atom stereocenters. The van der Waals surface area contributed by atoms with Crippen molar-refractivity contribution in [3.63, 3.8) is 0 Å². The first kappa shape index (κ1) is 15.8. The molecule has 2 rings (SSSR count). The molecule has 0 bridgehead atoms. The lowest BCUT2D eigenvalue weighted by molar-refractivity contribution is -0.126. The molecule has 0 aliphatic carbocycles. The van der Waals surface area contributed by atoms with E-state index in [0.717, 1.165) is 25.8 Å². The zero-order valence-electron chi connectivity index (χ0n) is 12.7. The first-order valence-corrected chi connectivity index (χ1v) is 7.56. The number of piperidine rings is 1. The van der Waals surface area contributed by atoms with Crippen molar-refractivity contribution in [1.82, 2.24) is 5.32 Å². The molecule has 0 saturated carbocycles. The van der Waals surface area contributed by atoms with Crippen LogP contribution in [0, 0.1) is 11.2 Å². The third kappa shape index (κ3) is 3.53. The number of hydrogen-bond donors (Lipinski definition) is 2. The number of anilines is 1. The molecule has 21 heavy (non-hydrogen) atoms. The van der Waals surface area contributed by atoms with Crippen molar-refractivity contribution in [1.29, 1.82) is 0 Å². The zero-order chi connectivity index (χ0) is 15.3. The maximum absolute atomic E-state index is 13.3. The van der Waals surface area contributed by atoms with E-state index < -0.39 is 5.41 Å². The van der Waals surface area contributed by atoms with Gasteiger partial charge in [-0.05, 0) is 44.9 Å². The number of benzene rings is 1. The normalized spacial score (nSPS) is 21.9. The van der Waals surface area contributed by atoms with Gasteiger partial charge >= 0.3 is 0 Å². The molecule has 1 aliphatic heterocycles. The molecule has 1 aromatic carbocycles. The Balaban J connectivity index is 2.18. The molecular weight excluding hydrogens is 271 g/mol. The van der Waals surface area contributed by atoms with Gasteiger partial charge in [0, 0.05) is 12.6 Å². The molecule has 5 heteroatoms. The summed E-state index contributed by atoms with van der Waals surface area (Å²) in [5.74, 6) is -0.0216. The number of nitrogens with one attached hydrogen (secondary N) is 2. The van der Waals surface area contributed by atoms with Crippen molar-refractivity contribution in [3.05, 3.63) is 24.0 Å². The minimum absolute atomic E-state index is 0.0234. The summed E-state index contributed by atoms with van der Waals surface area (Å²) in [6.45, 7) is 5.92. The van der Waals surface area contributed by atoms with Gasteiger partial charge in [0.25, 0.3) is 0 Å². The minimum Gasteiger partial charge on any atom is -0.492 e. The van der Waals surface area contributed by atoms with E-state index in [1.807, 2.05) is 13.8 Å². The van der Waals surface area contributed by atoms with E-state index >= 15 is 0 Å². The highest BCUT2D eigenvalue weighted by Gasteiger charge is 2.38. The topological polar surface area (TPSA) is 50.4 Å². The van der Waals surface area contributed by atoms with Crippen LogP contribution in [0.5, 0.6) is 5.75 Å². The minimum atomic E-state index is -0.393. The van der Waals surface area contributed by atoms with Crippen LogP contribution < -0.4 is 15.4 Å². The van der Waals surface area contributed by atoms with Crippen molar-refractivity contribution in [3.8, 4) is 5.75 Å². The first-order valence-electron chi connectivity index (χ1n) is 7.56. The van der Waals surface area contributed by atoms with Gasteiger partial charge < -0.3 is 15.4 Å². The number of rotatable bonds is 5. The van der Waals surface area contributed by atoms with Crippen LogP contribution in [0.25, 0.3) is 0 Å². The van der Waals surface area contributed by atoms with Crippen molar-refractivity contribution in [2.24, 2.45) is 5.41 Å². The molecule has 2 N–H and O–H groups in total. The molecule has 116 valence electrons. The van der Waals surface area contributed by atoms with Gasteiger partial charge in [0.15, 0.2) is 0 Å². The Labute approximate surface area is 125 Å². The van der Waals surface area contributed by atoms with Gasteiger partial charge in [0.1, 0.15) is 11.6 Å². The monoisotopic (exact) mass is 294 g/mol. The van der Waals surface area contributed by atoms with Gasteiger partial charge in [0.05, 0.1) is 17.7 Å². The van der Waals surface area contributed by atoms with Crippen LogP contribution in [0.4, 0.5) is 10.1 Å². The van der Waals surface area contributed by atoms with E-state index in [9.17, 15) is 9.18 Å². The Morgan fingerprint density at radius 2 is 2.29 bits per heavy atom. The molecule has 1 atom stereocenters. The average Bonchev–Trinajstić information content (AvgIpc) is 2.51. The number of hydrogen-bond acceptors (Lipinski definition) is 3. The van der Waals surface area contributed by atoms with Crippen molar-refractivity contribution < 1.29 is 13.9 Å². The van der Waals surface area contributed by atoms with Gasteiger partial charge in [0.2, 0.25) is 5.91 Å². The number of amides is 1. The van der Waals surface area contributed by atoms with Crippen molar-refractivity contribution in [2.45, 2.75) is 33.1 Å². The Kier molecular flexibility index (Phi) is 5.17. The average molecular weight is 294 g/mol. The van der Waals surface area contributed by atoms with Gasteiger partial charge in [-0.15, -0.1) is 0 Å². The summed E-state index contributed by atoms with van der Waals surface area (Å²) < 4.78 is 18.7. The second-order valence-corrected chi connectivity index (χ2v) is 5.44. The van der Waals surface area contributed by atoms with Crippen LogP contribution in [0.15, 0.2) is 18.2 Å². The Morgan fingerprint density at radius 3 is 2.90 bits per heavy atom. The van der Waals surface area contributed by atoms with Crippen LogP contribution in [0.3, 0.4) is 0 Å². The van der Waals surface area contributed by atoms with Crippen molar-refractivity contribution >= 4 is 11.6 Å². The fraction of sp³-hybridized carbons (Fsp3) is 0.562. The fourth-order valence-corrected chi connectivity index (χ4v) is 2.75. The van der Waals surface area contributed by atoms with Gasteiger partial charge in [-0.1, -0.05) is 6.92 Å². The van der Waals surface area contributed by atoms with Gasteiger partial charge in [-0.25, -0.2) is 4.39 Å². The number of halogens is 1. The maximum atomic E-state index is 13.3. The summed E-state index contributed by atoms with van der Waals surface area (Å²) in [5.41, 5.74) is 0.137. The Morgan fingerprint density at radius 1 is 1.48 bits per heavy atom. The van der Waals surface area contributed by atoms with E-state index in [0.29, 0.717) is 24.6 Å². The molecule has 4 nitrogen and oxygen atoms in total. The summed E-state index contributed by atoms with van der Waals surface area (Å²) in [6.07, 6.45) is 2.63. The Hall–Kier alpha value is -1.62. The van der Waals surface area contributed by atoms with Crippen LogP contribution in [-0.4, -0.2) is 25.6 Å². The van der Waals surface area contributed by atoms with Crippen LogP contribution >= 0.6 is 0 Å². The summed E-state index contributed by atoms with van der Waals surface area (Å²) >= 11 is 0. The van der Waals surface area contributed by atoms with E-state index in [1.165, 1.54) is 12.1 Å². The molecule has 0 radical (unpaired) electrons. The largest absolute Gasteiger partial charge is 0.492 e. The summed E-state index contributed by atoms with van der Waals surface area (Å²) in [4.78, 5) is 12.7. The highest BCUT2D eigenvalue weighted by atomic mass is 19.1. The van der Waals surface area contributed by atoms with Gasteiger partial charge in [-0.3, -0.25) is 4.79 Å². The SMILES string of the molecule is CCOc1cc(F)ccc1NC(=O)C1(CC)CCCNC1. The molecule has 1 saturated heterocycles. The van der Waals surface area contributed by atoms with Crippen LogP contribution in [-0.2, 0) is 4.79 Å². The molecular formula is C16H23FN2O2. The highest BCUT2D eigenvalue weighted by Crippen LogP contribution is 2.33. The maximum Gasteiger partial charge on any atom is 0.231 e. The van der Waals surface area contributed by atoms with E-state index in [1.54, 1.807) is 6.07 Å². The van der Waals surface area contributed by atoms with E-state index in [2.05, 4.69) is 10.6 Å².